The minimum atomic E-state index is 0.576. The molecule has 0 heterocycles. The molecular formula is C16H26N2O. The van der Waals surface area contributed by atoms with Crippen LogP contribution in [0.15, 0.2) is 18.2 Å². The van der Waals surface area contributed by atoms with Gasteiger partial charge in [-0.2, -0.15) is 0 Å². The van der Waals surface area contributed by atoms with E-state index in [0.717, 1.165) is 11.7 Å². The van der Waals surface area contributed by atoms with Crippen molar-refractivity contribution in [1.29, 1.82) is 0 Å². The van der Waals surface area contributed by atoms with Gasteiger partial charge in [0.25, 0.3) is 0 Å². The zero-order valence-corrected chi connectivity index (χ0v) is 12.4. The Morgan fingerprint density at radius 3 is 2.53 bits per heavy atom. The Kier molecular flexibility index (Phi) is 4.70. The molecule has 0 radical (unpaired) electrons. The van der Waals surface area contributed by atoms with E-state index in [4.69, 9.17) is 10.5 Å². The lowest BCUT2D eigenvalue weighted by Gasteiger charge is -2.36. The average molecular weight is 262 g/mol. The Morgan fingerprint density at radius 1 is 1.26 bits per heavy atom. The minimum absolute atomic E-state index is 0.576. The first-order chi connectivity index (χ1) is 9.15. The molecule has 0 spiro atoms. The number of benzene rings is 1. The summed E-state index contributed by atoms with van der Waals surface area (Å²) in [4.78, 5) is 2.40. The SMILES string of the molecule is COc1ccc(CN)c(N(C)C2CCC(C)CC2)c1. The van der Waals surface area contributed by atoms with Gasteiger partial charge in [0.2, 0.25) is 0 Å². The third-order valence-electron chi connectivity index (χ3n) is 4.43. The predicted molar refractivity (Wildman–Crippen MR) is 80.7 cm³/mol. The zero-order valence-electron chi connectivity index (χ0n) is 12.4. The van der Waals surface area contributed by atoms with Gasteiger partial charge in [-0.25, -0.2) is 0 Å². The fraction of sp³-hybridized carbons (Fsp3) is 0.625. The number of anilines is 1. The predicted octanol–water partition coefficient (Wildman–Crippen LogP) is 3.17. The highest BCUT2D eigenvalue weighted by molar-refractivity contribution is 5.57. The van der Waals surface area contributed by atoms with E-state index in [-0.39, 0.29) is 0 Å². The second-order valence-electron chi connectivity index (χ2n) is 5.72. The van der Waals surface area contributed by atoms with Gasteiger partial charge in [0, 0.05) is 31.4 Å². The lowest BCUT2D eigenvalue weighted by Crippen LogP contribution is -2.35. The molecule has 3 nitrogen and oxygen atoms in total. The molecule has 19 heavy (non-hydrogen) atoms. The third kappa shape index (κ3) is 3.21. The van der Waals surface area contributed by atoms with Gasteiger partial charge in [-0.1, -0.05) is 13.0 Å². The van der Waals surface area contributed by atoms with Crippen LogP contribution in [-0.2, 0) is 6.54 Å². The lowest BCUT2D eigenvalue weighted by atomic mass is 9.86. The molecule has 0 bridgehead atoms. The maximum absolute atomic E-state index is 5.86. The largest absolute Gasteiger partial charge is 0.497 e. The van der Waals surface area contributed by atoms with Crippen LogP contribution in [0.2, 0.25) is 0 Å². The van der Waals surface area contributed by atoms with Gasteiger partial charge in [-0.3, -0.25) is 0 Å². The smallest absolute Gasteiger partial charge is 0.120 e. The van der Waals surface area contributed by atoms with Crippen molar-refractivity contribution in [2.75, 3.05) is 19.1 Å². The van der Waals surface area contributed by atoms with Crippen LogP contribution in [0.1, 0.15) is 38.2 Å². The summed E-state index contributed by atoms with van der Waals surface area (Å²) >= 11 is 0. The van der Waals surface area contributed by atoms with Crippen molar-refractivity contribution in [1.82, 2.24) is 0 Å². The number of rotatable bonds is 4. The Balaban J connectivity index is 2.19. The van der Waals surface area contributed by atoms with E-state index >= 15 is 0 Å². The van der Waals surface area contributed by atoms with E-state index in [2.05, 4.69) is 31.0 Å². The topological polar surface area (TPSA) is 38.5 Å². The maximum atomic E-state index is 5.86. The van der Waals surface area contributed by atoms with E-state index in [0.29, 0.717) is 12.6 Å². The number of ether oxygens (including phenoxy) is 1. The first kappa shape index (κ1) is 14.2. The van der Waals surface area contributed by atoms with E-state index in [1.807, 2.05) is 6.07 Å². The van der Waals surface area contributed by atoms with Crippen LogP contribution in [0.3, 0.4) is 0 Å². The monoisotopic (exact) mass is 262 g/mol. The molecule has 2 N–H and O–H groups in total. The molecule has 2 rings (SSSR count). The van der Waals surface area contributed by atoms with Crippen molar-refractivity contribution in [3.05, 3.63) is 23.8 Å². The molecule has 0 saturated heterocycles. The third-order valence-corrected chi connectivity index (χ3v) is 4.43. The molecule has 1 aromatic rings. The Labute approximate surface area is 116 Å². The first-order valence-electron chi connectivity index (χ1n) is 7.25. The summed E-state index contributed by atoms with van der Waals surface area (Å²) in [5, 5.41) is 0. The second kappa shape index (κ2) is 6.29. The second-order valence-corrected chi connectivity index (χ2v) is 5.72. The van der Waals surface area contributed by atoms with Gasteiger partial charge in [-0.05, 0) is 43.2 Å². The minimum Gasteiger partial charge on any atom is -0.497 e. The quantitative estimate of drug-likeness (QED) is 0.905. The number of hydrogen-bond acceptors (Lipinski definition) is 3. The van der Waals surface area contributed by atoms with Crippen molar-refractivity contribution in [2.45, 2.75) is 45.2 Å². The summed E-state index contributed by atoms with van der Waals surface area (Å²) in [7, 11) is 3.90. The molecule has 1 aromatic carbocycles. The molecule has 3 heteroatoms. The maximum Gasteiger partial charge on any atom is 0.120 e. The van der Waals surface area contributed by atoms with Crippen molar-refractivity contribution in [3.8, 4) is 5.75 Å². The molecular weight excluding hydrogens is 236 g/mol. The highest BCUT2D eigenvalue weighted by Gasteiger charge is 2.23. The van der Waals surface area contributed by atoms with Gasteiger partial charge in [0.1, 0.15) is 5.75 Å². The van der Waals surface area contributed by atoms with Crippen LogP contribution >= 0.6 is 0 Å². The van der Waals surface area contributed by atoms with Gasteiger partial charge >= 0.3 is 0 Å². The molecule has 1 aliphatic rings. The number of hydrogen-bond donors (Lipinski definition) is 1. The van der Waals surface area contributed by atoms with E-state index in [1.54, 1.807) is 7.11 Å². The fourth-order valence-electron chi connectivity index (χ4n) is 3.00. The number of nitrogens with zero attached hydrogens (tertiary/aromatic N) is 1. The van der Waals surface area contributed by atoms with Gasteiger partial charge < -0.3 is 15.4 Å². The molecule has 1 aliphatic carbocycles. The summed E-state index contributed by atoms with van der Waals surface area (Å²) < 4.78 is 5.34. The Morgan fingerprint density at radius 2 is 1.95 bits per heavy atom. The number of methoxy groups -OCH3 is 1. The summed E-state index contributed by atoms with van der Waals surface area (Å²) in [5.74, 6) is 1.78. The molecule has 0 atom stereocenters. The standard InChI is InChI=1S/C16H26N2O/c1-12-4-7-14(8-5-12)18(2)16-10-15(19-3)9-6-13(16)11-17/h6,9-10,12,14H,4-5,7-8,11,17H2,1-3H3. The van der Waals surface area contributed by atoms with Crippen LogP contribution in [-0.4, -0.2) is 20.2 Å². The van der Waals surface area contributed by atoms with Crippen LogP contribution < -0.4 is 15.4 Å². The molecule has 0 aliphatic heterocycles. The highest BCUT2D eigenvalue weighted by Crippen LogP contribution is 2.32. The van der Waals surface area contributed by atoms with Crippen molar-refractivity contribution < 1.29 is 4.74 Å². The summed E-state index contributed by atoms with van der Waals surface area (Å²) in [6.45, 7) is 2.93. The first-order valence-corrected chi connectivity index (χ1v) is 7.25. The zero-order chi connectivity index (χ0) is 13.8. The van der Waals surface area contributed by atoms with Crippen molar-refractivity contribution in [2.24, 2.45) is 11.7 Å². The van der Waals surface area contributed by atoms with Gasteiger partial charge in [0.15, 0.2) is 0 Å². The molecule has 0 unspecified atom stereocenters. The van der Waals surface area contributed by atoms with Crippen molar-refractivity contribution >= 4 is 5.69 Å². The molecule has 0 aromatic heterocycles. The molecule has 1 fully saturated rings. The molecule has 1 saturated carbocycles. The summed E-state index contributed by atoms with van der Waals surface area (Å²) in [6, 6.07) is 6.81. The van der Waals surface area contributed by atoms with Gasteiger partial charge in [0.05, 0.1) is 7.11 Å². The number of nitrogens with two attached hydrogens (primary N) is 1. The fourth-order valence-corrected chi connectivity index (χ4v) is 3.00. The van der Waals surface area contributed by atoms with Gasteiger partial charge in [-0.15, -0.1) is 0 Å². The van der Waals surface area contributed by atoms with E-state index in [9.17, 15) is 0 Å². The average Bonchev–Trinajstić information content (AvgIpc) is 2.46. The molecule has 106 valence electrons. The van der Waals surface area contributed by atoms with E-state index in [1.165, 1.54) is 36.9 Å². The lowest BCUT2D eigenvalue weighted by molar-refractivity contribution is 0.340. The Bertz CT molecular complexity index is 411. The van der Waals surface area contributed by atoms with Crippen LogP contribution in [0, 0.1) is 5.92 Å². The van der Waals surface area contributed by atoms with E-state index < -0.39 is 0 Å². The Hall–Kier alpha value is -1.22. The van der Waals surface area contributed by atoms with Crippen molar-refractivity contribution in [3.63, 3.8) is 0 Å². The summed E-state index contributed by atoms with van der Waals surface area (Å²) in [5.41, 5.74) is 8.28. The normalized spacial score (nSPS) is 23.2. The van der Waals surface area contributed by atoms with Crippen LogP contribution in [0.5, 0.6) is 5.75 Å². The van der Waals surface area contributed by atoms with Crippen LogP contribution in [0.25, 0.3) is 0 Å². The highest BCUT2D eigenvalue weighted by atomic mass is 16.5. The summed E-state index contributed by atoms with van der Waals surface area (Å²) in [6.07, 6.45) is 5.21. The molecule has 0 amide bonds. The van der Waals surface area contributed by atoms with Crippen LogP contribution in [0.4, 0.5) is 5.69 Å².